The third-order valence-electron chi connectivity index (χ3n) is 3.37. The van der Waals surface area contributed by atoms with Gasteiger partial charge in [0.25, 0.3) is 0 Å². The second-order valence-corrected chi connectivity index (χ2v) is 6.96. The fourth-order valence-corrected chi connectivity index (χ4v) is 3.04. The van der Waals surface area contributed by atoms with Gasteiger partial charge in [-0.2, -0.15) is 11.8 Å². The average Bonchev–Trinajstić information content (AvgIpc) is 2.59. The third-order valence-corrected chi connectivity index (χ3v) is 4.81. The van der Waals surface area contributed by atoms with E-state index in [2.05, 4.69) is 44.7 Å². The van der Waals surface area contributed by atoms with Crippen LogP contribution in [0.15, 0.2) is 21.6 Å². The zero-order chi connectivity index (χ0) is 17.8. The van der Waals surface area contributed by atoms with Crippen molar-refractivity contribution in [1.29, 1.82) is 0 Å². The van der Waals surface area contributed by atoms with Crippen LogP contribution in [0.1, 0.15) is 25.3 Å². The molecule has 0 atom stereocenters. The zero-order valence-electron chi connectivity index (χ0n) is 15.4. The summed E-state index contributed by atoms with van der Waals surface area (Å²) >= 11 is 5.46. The van der Waals surface area contributed by atoms with Gasteiger partial charge in [-0.15, -0.1) is 24.0 Å². The van der Waals surface area contributed by atoms with E-state index in [1.807, 2.05) is 23.9 Å². The van der Waals surface area contributed by atoms with E-state index in [-0.39, 0.29) is 24.0 Å². The number of halogens is 2. The number of guanidine groups is 1. The van der Waals surface area contributed by atoms with Crippen molar-refractivity contribution < 1.29 is 9.47 Å². The molecular weight excluding hydrogens is 517 g/mol. The molecule has 0 aliphatic carbocycles. The molecule has 1 aromatic carbocycles. The highest BCUT2D eigenvalue weighted by molar-refractivity contribution is 14.0. The van der Waals surface area contributed by atoms with Crippen LogP contribution in [0.5, 0.6) is 11.5 Å². The van der Waals surface area contributed by atoms with Crippen LogP contribution in [0.25, 0.3) is 0 Å². The van der Waals surface area contributed by atoms with Crippen molar-refractivity contribution in [2.24, 2.45) is 4.99 Å². The van der Waals surface area contributed by atoms with Crippen LogP contribution in [0.3, 0.4) is 0 Å². The fraction of sp³-hybridized carbons (Fsp3) is 0.588. The monoisotopic (exact) mass is 545 g/mol. The van der Waals surface area contributed by atoms with Crippen LogP contribution >= 0.6 is 51.7 Å². The van der Waals surface area contributed by atoms with E-state index in [4.69, 9.17) is 9.47 Å². The van der Waals surface area contributed by atoms with E-state index in [0.717, 1.165) is 35.5 Å². The van der Waals surface area contributed by atoms with Gasteiger partial charge in [-0.05, 0) is 49.5 Å². The lowest BCUT2D eigenvalue weighted by molar-refractivity contribution is 0.354. The van der Waals surface area contributed by atoms with Gasteiger partial charge in [0, 0.05) is 17.6 Å². The highest BCUT2D eigenvalue weighted by Gasteiger charge is 2.09. The van der Waals surface area contributed by atoms with Gasteiger partial charge in [-0.1, -0.05) is 15.9 Å². The molecule has 8 heteroatoms. The SMILES string of the molecule is CCNC(=NCc1cc(OC)c(OC)cc1Br)NCCCCSC.I. The standard InChI is InChI=1S/C17H28BrN3O2S.HI/c1-5-19-17(20-8-6-7-9-24-4)21-12-13-10-15(22-2)16(23-3)11-14(13)18;/h10-11H,5-9,12H2,1-4H3,(H2,19,20,21);1H. The zero-order valence-corrected chi connectivity index (χ0v) is 20.1. The first-order valence-corrected chi connectivity index (χ1v) is 10.3. The lowest BCUT2D eigenvalue weighted by Crippen LogP contribution is -2.37. The molecule has 0 aliphatic heterocycles. The predicted octanol–water partition coefficient (Wildman–Crippen LogP) is 4.28. The van der Waals surface area contributed by atoms with Crippen molar-refractivity contribution >= 4 is 57.6 Å². The van der Waals surface area contributed by atoms with Gasteiger partial charge in [0.1, 0.15) is 0 Å². The van der Waals surface area contributed by atoms with Crippen molar-refractivity contribution in [2.45, 2.75) is 26.3 Å². The van der Waals surface area contributed by atoms with E-state index in [1.165, 1.54) is 12.2 Å². The summed E-state index contributed by atoms with van der Waals surface area (Å²) in [6.07, 6.45) is 4.50. The van der Waals surface area contributed by atoms with Crippen LogP contribution in [-0.4, -0.2) is 45.3 Å². The molecule has 1 aromatic rings. The second-order valence-electron chi connectivity index (χ2n) is 5.12. The molecule has 144 valence electrons. The number of nitrogens with zero attached hydrogens (tertiary/aromatic N) is 1. The topological polar surface area (TPSA) is 54.9 Å². The Balaban J connectivity index is 0.00000576. The van der Waals surface area contributed by atoms with Crippen LogP contribution in [0, 0.1) is 0 Å². The Morgan fingerprint density at radius 2 is 1.84 bits per heavy atom. The Hall–Kier alpha value is -0.350. The Kier molecular flexibility index (Phi) is 14.6. The average molecular weight is 546 g/mol. The molecule has 2 N–H and O–H groups in total. The van der Waals surface area contributed by atoms with Crippen molar-refractivity contribution in [2.75, 3.05) is 39.3 Å². The minimum Gasteiger partial charge on any atom is -0.493 e. The van der Waals surface area contributed by atoms with E-state index in [1.54, 1.807) is 14.2 Å². The Bertz CT molecular complexity index is 533. The van der Waals surface area contributed by atoms with Crippen LogP contribution in [0.4, 0.5) is 0 Å². The largest absolute Gasteiger partial charge is 0.493 e. The first-order valence-electron chi connectivity index (χ1n) is 8.07. The maximum Gasteiger partial charge on any atom is 0.191 e. The molecule has 1 rings (SSSR count). The summed E-state index contributed by atoms with van der Waals surface area (Å²) in [5.74, 6) is 3.45. The van der Waals surface area contributed by atoms with Crippen LogP contribution < -0.4 is 20.1 Å². The molecule has 0 fully saturated rings. The Labute approximate surface area is 181 Å². The van der Waals surface area contributed by atoms with Crippen molar-refractivity contribution in [1.82, 2.24) is 10.6 Å². The summed E-state index contributed by atoms with van der Waals surface area (Å²) in [4.78, 5) is 4.66. The first kappa shape index (κ1) is 24.7. The predicted molar refractivity (Wildman–Crippen MR) is 123 cm³/mol. The summed E-state index contributed by atoms with van der Waals surface area (Å²) in [6.45, 7) is 4.39. The normalized spacial score (nSPS) is 10.8. The van der Waals surface area contributed by atoms with E-state index < -0.39 is 0 Å². The molecule has 0 heterocycles. The number of rotatable bonds is 10. The molecule has 0 aliphatic rings. The molecule has 0 aromatic heterocycles. The quantitative estimate of drug-likeness (QED) is 0.199. The number of nitrogens with one attached hydrogen (secondary N) is 2. The van der Waals surface area contributed by atoms with E-state index in [9.17, 15) is 0 Å². The molecule has 0 saturated heterocycles. The van der Waals surface area contributed by atoms with Crippen molar-refractivity contribution in [3.8, 4) is 11.5 Å². The molecule has 0 saturated carbocycles. The first-order chi connectivity index (χ1) is 11.7. The lowest BCUT2D eigenvalue weighted by atomic mass is 10.2. The number of unbranched alkanes of at least 4 members (excludes halogenated alkanes) is 1. The molecule has 5 nitrogen and oxygen atoms in total. The molecule has 0 unspecified atom stereocenters. The molecule has 0 radical (unpaired) electrons. The van der Waals surface area contributed by atoms with Gasteiger partial charge in [-0.3, -0.25) is 0 Å². The van der Waals surface area contributed by atoms with E-state index in [0.29, 0.717) is 18.0 Å². The summed E-state index contributed by atoms with van der Waals surface area (Å²) < 4.78 is 11.6. The number of methoxy groups -OCH3 is 2. The lowest BCUT2D eigenvalue weighted by Gasteiger charge is -2.13. The maximum atomic E-state index is 5.36. The number of thioether (sulfide) groups is 1. The minimum absolute atomic E-state index is 0. The van der Waals surface area contributed by atoms with Gasteiger partial charge in [0.2, 0.25) is 0 Å². The van der Waals surface area contributed by atoms with Crippen LogP contribution in [0.2, 0.25) is 0 Å². The number of hydrogen-bond acceptors (Lipinski definition) is 4. The number of ether oxygens (including phenoxy) is 2. The van der Waals surface area contributed by atoms with Gasteiger partial charge >= 0.3 is 0 Å². The smallest absolute Gasteiger partial charge is 0.191 e. The highest BCUT2D eigenvalue weighted by Crippen LogP contribution is 2.33. The highest BCUT2D eigenvalue weighted by atomic mass is 127. The third kappa shape index (κ3) is 9.23. The summed E-state index contributed by atoms with van der Waals surface area (Å²) in [6, 6.07) is 3.86. The van der Waals surface area contributed by atoms with Gasteiger partial charge in [0.15, 0.2) is 17.5 Å². The number of hydrogen-bond donors (Lipinski definition) is 2. The molecular formula is C17H29BrIN3O2S. The fourth-order valence-electron chi connectivity index (χ4n) is 2.10. The summed E-state index contributed by atoms with van der Waals surface area (Å²) in [5.41, 5.74) is 1.05. The molecule has 0 amide bonds. The van der Waals surface area contributed by atoms with Crippen LogP contribution in [-0.2, 0) is 6.54 Å². The van der Waals surface area contributed by atoms with Gasteiger partial charge < -0.3 is 20.1 Å². The maximum absolute atomic E-state index is 5.36. The molecule has 0 bridgehead atoms. The van der Waals surface area contributed by atoms with Crippen molar-refractivity contribution in [3.63, 3.8) is 0 Å². The Morgan fingerprint density at radius 3 is 2.44 bits per heavy atom. The van der Waals surface area contributed by atoms with E-state index >= 15 is 0 Å². The van der Waals surface area contributed by atoms with Gasteiger partial charge in [0.05, 0.1) is 20.8 Å². The Morgan fingerprint density at radius 1 is 1.16 bits per heavy atom. The number of aliphatic imine (C=N–C) groups is 1. The van der Waals surface area contributed by atoms with Gasteiger partial charge in [-0.25, -0.2) is 4.99 Å². The molecule has 25 heavy (non-hydrogen) atoms. The molecule has 0 spiro atoms. The minimum atomic E-state index is 0. The summed E-state index contributed by atoms with van der Waals surface area (Å²) in [5, 5.41) is 6.66. The van der Waals surface area contributed by atoms with Crippen molar-refractivity contribution in [3.05, 3.63) is 22.2 Å². The number of benzene rings is 1. The second kappa shape index (κ2) is 14.8. The summed E-state index contributed by atoms with van der Waals surface area (Å²) in [7, 11) is 3.27.